The van der Waals surface area contributed by atoms with Crippen molar-refractivity contribution in [1.29, 1.82) is 5.26 Å². The lowest BCUT2D eigenvalue weighted by atomic mass is 10.1. The molecule has 2 saturated heterocycles. The van der Waals surface area contributed by atoms with E-state index in [1.807, 2.05) is 30.3 Å². The number of amides is 1. The summed E-state index contributed by atoms with van der Waals surface area (Å²) in [5.41, 5.74) is 5.48. The fourth-order valence-electron chi connectivity index (χ4n) is 6.18. The van der Waals surface area contributed by atoms with Gasteiger partial charge in [0.05, 0.1) is 24.3 Å². The van der Waals surface area contributed by atoms with Gasteiger partial charge in [-0.15, -0.1) is 0 Å². The summed E-state index contributed by atoms with van der Waals surface area (Å²) >= 11 is 0. The van der Waals surface area contributed by atoms with Crippen molar-refractivity contribution < 1.29 is 9.53 Å². The maximum atomic E-state index is 13.2. The average molecular weight is 535 g/mol. The highest BCUT2D eigenvalue weighted by Gasteiger charge is 2.46. The van der Waals surface area contributed by atoms with E-state index in [4.69, 9.17) is 10.00 Å². The third-order valence-electron chi connectivity index (χ3n) is 8.69. The van der Waals surface area contributed by atoms with Crippen LogP contribution < -0.4 is 4.90 Å². The second-order valence-corrected chi connectivity index (χ2v) is 11.4. The zero-order chi connectivity index (χ0) is 27.3. The Hall–Kier alpha value is -3.66. The van der Waals surface area contributed by atoms with Gasteiger partial charge in [0.15, 0.2) is 0 Å². The van der Waals surface area contributed by atoms with Gasteiger partial charge in [0.25, 0.3) is 0 Å². The van der Waals surface area contributed by atoms with Gasteiger partial charge in [0.2, 0.25) is 5.91 Å². The molecule has 0 bridgehead atoms. The standard InChI is InChI=1S/C34H38N4O2/c35-23-26-11-13-27(14-12-26)25-40-33(29-9-6-10-30(21-29)37-15-4-5-16-37)24-36-17-19-38(20-18-36)34(39)32-22-31(32)28-7-2-1-3-8-28/h1-3,6-14,21,31-33H,4-5,15-20,22,24-25H2/t31-,32-,33+/m0/s1. The van der Waals surface area contributed by atoms with Crippen LogP contribution in [0.25, 0.3) is 0 Å². The van der Waals surface area contributed by atoms with Crippen molar-refractivity contribution in [3.05, 3.63) is 101 Å². The van der Waals surface area contributed by atoms with E-state index >= 15 is 0 Å². The van der Waals surface area contributed by atoms with Crippen LogP contribution in [0.1, 0.15) is 53.5 Å². The Balaban J connectivity index is 1.09. The average Bonchev–Trinajstić information content (AvgIpc) is 3.63. The minimum atomic E-state index is -0.0775. The van der Waals surface area contributed by atoms with E-state index in [1.165, 1.54) is 29.7 Å². The molecular weight excluding hydrogens is 496 g/mol. The monoisotopic (exact) mass is 534 g/mol. The van der Waals surface area contributed by atoms with Crippen molar-refractivity contribution in [1.82, 2.24) is 9.80 Å². The maximum absolute atomic E-state index is 13.2. The molecule has 40 heavy (non-hydrogen) atoms. The quantitative estimate of drug-likeness (QED) is 0.370. The molecule has 2 heterocycles. The normalized spacial score (nSPS) is 21.7. The van der Waals surface area contributed by atoms with Crippen molar-refractivity contribution >= 4 is 11.6 Å². The SMILES string of the molecule is N#Cc1ccc(CO[C@H](CN2CCN(C(=O)[C@H]3C[C@H]3c3ccccc3)CC2)c2cccc(N3CCCC3)c2)cc1. The zero-order valence-corrected chi connectivity index (χ0v) is 23.1. The summed E-state index contributed by atoms with van der Waals surface area (Å²) in [5.74, 6) is 0.848. The van der Waals surface area contributed by atoms with E-state index in [1.54, 1.807) is 0 Å². The lowest BCUT2D eigenvalue weighted by molar-refractivity contribution is -0.134. The molecule has 0 aromatic heterocycles. The third kappa shape index (κ3) is 6.22. The lowest BCUT2D eigenvalue weighted by Crippen LogP contribution is -2.50. The predicted octanol–water partition coefficient (Wildman–Crippen LogP) is 5.36. The second kappa shape index (κ2) is 12.2. The number of benzene rings is 3. The van der Waals surface area contributed by atoms with Gasteiger partial charge < -0.3 is 14.5 Å². The first kappa shape index (κ1) is 26.6. The lowest BCUT2D eigenvalue weighted by Gasteiger charge is -2.37. The second-order valence-electron chi connectivity index (χ2n) is 11.4. The molecule has 206 valence electrons. The number of piperazine rings is 1. The summed E-state index contributed by atoms with van der Waals surface area (Å²) in [6, 6.07) is 29.1. The Morgan fingerprint density at radius 1 is 0.900 bits per heavy atom. The van der Waals surface area contributed by atoms with Crippen molar-refractivity contribution in [3.63, 3.8) is 0 Å². The fraction of sp³-hybridized carbons (Fsp3) is 0.412. The van der Waals surface area contributed by atoms with Crippen LogP contribution in [0.4, 0.5) is 5.69 Å². The molecule has 1 aliphatic carbocycles. The van der Waals surface area contributed by atoms with Gasteiger partial charge in [-0.2, -0.15) is 5.26 Å². The van der Waals surface area contributed by atoms with Gasteiger partial charge in [0, 0.05) is 57.4 Å². The molecule has 0 spiro atoms. The highest BCUT2D eigenvalue weighted by atomic mass is 16.5. The van der Waals surface area contributed by atoms with Crippen LogP contribution in [0.15, 0.2) is 78.9 Å². The number of carbonyl (C=O) groups is 1. The van der Waals surface area contributed by atoms with Crippen molar-refractivity contribution in [2.75, 3.05) is 50.7 Å². The number of carbonyl (C=O) groups excluding carboxylic acids is 1. The van der Waals surface area contributed by atoms with Crippen molar-refractivity contribution in [2.45, 2.75) is 37.9 Å². The topological polar surface area (TPSA) is 59.8 Å². The number of hydrogen-bond acceptors (Lipinski definition) is 5. The number of rotatable bonds is 9. The highest BCUT2D eigenvalue weighted by molar-refractivity contribution is 5.83. The van der Waals surface area contributed by atoms with Gasteiger partial charge in [-0.05, 0) is 66.1 Å². The summed E-state index contributed by atoms with van der Waals surface area (Å²) in [6.07, 6.45) is 3.39. The first-order valence-corrected chi connectivity index (χ1v) is 14.7. The van der Waals surface area contributed by atoms with E-state index in [2.05, 4.69) is 69.3 Å². The molecule has 3 atom stereocenters. The molecule has 6 nitrogen and oxygen atoms in total. The summed E-state index contributed by atoms with van der Waals surface area (Å²) in [4.78, 5) is 20.2. The van der Waals surface area contributed by atoms with Crippen LogP contribution in [0.2, 0.25) is 0 Å². The Kier molecular flexibility index (Phi) is 8.13. The largest absolute Gasteiger partial charge is 0.372 e. The number of anilines is 1. The summed E-state index contributed by atoms with van der Waals surface area (Å²) < 4.78 is 6.57. The molecule has 6 rings (SSSR count). The number of hydrogen-bond donors (Lipinski definition) is 0. The summed E-state index contributed by atoms with van der Waals surface area (Å²) in [6.45, 7) is 6.77. The molecule has 3 aliphatic rings. The first-order chi connectivity index (χ1) is 19.7. The summed E-state index contributed by atoms with van der Waals surface area (Å²) in [5, 5.41) is 9.13. The molecule has 3 fully saturated rings. The van der Waals surface area contributed by atoms with E-state index < -0.39 is 0 Å². The van der Waals surface area contributed by atoms with Crippen LogP contribution in [-0.2, 0) is 16.1 Å². The number of nitrogens with zero attached hydrogens (tertiary/aromatic N) is 4. The van der Waals surface area contributed by atoms with Crippen LogP contribution in [-0.4, -0.2) is 61.5 Å². The van der Waals surface area contributed by atoms with Crippen LogP contribution in [0.3, 0.4) is 0 Å². The Morgan fingerprint density at radius 3 is 2.38 bits per heavy atom. The van der Waals surface area contributed by atoms with Gasteiger partial charge in [-0.1, -0.05) is 54.6 Å². The number of ether oxygens (including phenoxy) is 1. The Labute approximate surface area is 237 Å². The number of nitriles is 1. The molecule has 0 radical (unpaired) electrons. The highest BCUT2D eigenvalue weighted by Crippen LogP contribution is 2.48. The minimum absolute atomic E-state index is 0.0775. The van der Waals surface area contributed by atoms with E-state index in [0.717, 1.165) is 57.8 Å². The van der Waals surface area contributed by atoms with Crippen molar-refractivity contribution in [3.8, 4) is 6.07 Å². The molecule has 1 saturated carbocycles. The van der Waals surface area contributed by atoms with Crippen LogP contribution in [0.5, 0.6) is 0 Å². The van der Waals surface area contributed by atoms with Gasteiger partial charge in [-0.25, -0.2) is 0 Å². The molecule has 3 aromatic carbocycles. The van der Waals surface area contributed by atoms with Gasteiger partial charge >= 0.3 is 0 Å². The van der Waals surface area contributed by atoms with Crippen molar-refractivity contribution in [2.24, 2.45) is 5.92 Å². The smallest absolute Gasteiger partial charge is 0.226 e. The van der Waals surface area contributed by atoms with Gasteiger partial charge in [-0.3, -0.25) is 9.69 Å². The molecule has 6 heteroatoms. The zero-order valence-electron chi connectivity index (χ0n) is 23.1. The first-order valence-electron chi connectivity index (χ1n) is 14.7. The third-order valence-corrected chi connectivity index (χ3v) is 8.69. The van der Waals surface area contributed by atoms with Gasteiger partial charge in [0.1, 0.15) is 0 Å². The van der Waals surface area contributed by atoms with E-state index in [0.29, 0.717) is 24.0 Å². The predicted molar refractivity (Wildman–Crippen MR) is 157 cm³/mol. The molecular formula is C34H38N4O2. The van der Waals surface area contributed by atoms with E-state index in [9.17, 15) is 4.79 Å². The van der Waals surface area contributed by atoms with Crippen LogP contribution in [0, 0.1) is 17.2 Å². The summed E-state index contributed by atoms with van der Waals surface area (Å²) in [7, 11) is 0. The molecule has 0 unspecified atom stereocenters. The molecule has 0 N–H and O–H groups in total. The Morgan fingerprint density at radius 2 is 1.65 bits per heavy atom. The maximum Gasteiger partial charge on any atom is 0.226 e. The molecule has 2 aliphatic heterocycles. The molecule has 3 aromatic rings. The van der Waals surface area contributed by atoms with Crippen LogP contribution >= 0.6 is 0 Å². The molecule has 1 amide bonds. The fourth-order valence-corrected chi connectivity index (χ4v) is 6.18. The minimum Gasteiger partial charge on any atom is -0.372 e. The Bertz CT molecular complexity index is 1320. The van der Waals surface area contributed by atoms with E-state index in [-0.39, 0.29) is 12.0 Å².